The fourth-order valence-corrected chi connectivity index (χ4v) is 2.69. The van der Waals surface area contributed by atoms with Crippen molar-refractivity contribution >= 4 is 11.9 Å². The number of halogens is 1. The Labute approximate surface area is 171 Å². The molecule has 0 aliphatic rings. The van der Waals surface area contributed by atoms with Crippen molar-refractivity contribution in [3.8, 4) is 5.75 Å². The van der Waals surface area contributed by atoms with Gasteiger partial charge in [-0.2, -0.15) is 0 Å². The minimum absolute atomic E-state index is 0.0411. The van der Waals surface area contributed by atoms with Crippen LogP contribution in [0.2, 0.25) is 0 Å². The van der Waals surface area contributed by atoms with Crippen molar-refractivity contribution in [2.45, 2.75) is 26.4 Å². The molecule has 0 saturated carbocycles. The Kier molecular flexibility index (Phi) is 8.95. The number of aryl methyl sites for hydroxylation is 1. The van der Waals surface area contributed by atoms with Crippen LogP contribution in [0.3, 0.4) is 0 Å². The SMILES string of the molecule is CN=C(NCCNC(=O)Cc1cccc(F)c1)NCC(C)Oc1ccccc1C. The molecule has 1 unspecified atom stereocenters. The van der Waals surface area contributed by atoms with E-state index in [-0.39, 0.29) is 24.2 Å². The van der Waals surface area contributed by atoms with Crippen molar-refractivity contribution in [1.29, 1.82) is 0 Å². The Bertz CT molecular complexity index is 826. The van der Waals surface area contributed by atoms with Gasteiger partial charge in [-0.3, -0.25) is 9.79 Å². The third-order valence-electron chi connectivity index (χ3n) is 4.20. The minimum atomic E-state index is -0.340. The number of guanidine groups is 1. The van der Waals surface area contributed by atoms with Gasteiger partial charge < -0.3 is 20.7 Å². The first-order valence-corrected chi connectivity index (χ1v) is 9.66. The van der Waals surface area contributed by atoms with E-state index in [1.165, 1.54) is 12.1 Å². The summed E-state index contributed by atoms with van der Waals surface area (Å²) in [4.78, 5) is 16.1. The van der Waals surface area contributed by atoms with Crippen LogP contribution < -0.4 is 20.7 Å². The van der Waals surface area contributed by atoms with Crippen molar-refractivity contribution in [1.82, 2.24) is 16.0 Å². The maximum absolute atomic E-state index is 13.2. The number of aliphatic imine (C=N–C) groups is 1. The van der Waals surface area contributed by atoms with Crippen LogP contribution in [0.1, 0.15) is 18.1 Å². The number of para-hydroxylation sites is 1. The summed E-state index contributed by atoms with van der Waals surface area (Å²) in [5.41, 5.74) is 1.74. The van der Waals surface area contributed by atoms with E-state index in [0.717, 1.165) is 11.3 Å². The Hall–Kier alpha value is -3.09. The lowest BCUT2D eigenvalue weighted by molar-refractivity contribution is -0.120. The fourth-order valence-electron chi connectivity index (χ4n) is 2.69. The quantitative estimate of drug-likeness (QED) is 0.343. The van der Waals surface area contributed by atoms with Crippen molar-refractivity contribution in [3.05, 3.63) is 65.5 Å². The predicted octanol–water partition coefficient (Wildman–Crippen LogP) is 2.43. The standard InChI is InChI=1S/C22H29FN4O2/c1-16-7-4-5-10-20(16)29-17(2)15-27-22(24-3)26-12-11-25-21(28)14-18-8-6-9-19(23)13-18/h4-10,13,17H,11-12,14-15H2,1-3H3,(H,25,28)(H2,24,26,27). The minimum Gasteiger partial charge on any atom is -0.489 e. The summed E-state index contributed by atoms with van der Waals surface area (Å²) in [6, 6.07) is 13.9. The highest BCUT2D eigenvalue weighted by atomic mass is 19.1. The lowest BCUT2D eigenvalue weighted by Gasteiger charge is -2.19. The number of hydrogen-bond donors (Lipinski definition) is 3. The number of carbonyl (C=O) groups excluding carboxylic acids is 1. The highest BCUT2D eigenvalue weighted by molar-refractivity contribution is 5.80. The average molecular weight is 400 g/mol. The summed E-state index contributed by atoms with van der Waals surface area (Å²) in [5.74, 6) is 1.00. The molecular weight excluding hydrogens is 371 g/mol. The smallest absolute Gasteiger partial charge is 0.224 e. The van der Waals surface area contributed by atoms with E-state index in [0.29, 0.717) is 31.2 Å². The van der Waals surface area contributed by atoms with E-state index in [1.54, 1.807) is 19.2 Å². The number of benzene rings is 2. The molecule has 3 N–H and O–H groups in total. The summed E-state index contributed by atoms with van der Waals surface area (Å²) in [6.45, 7) is 5.53. The summed E-state index contributed by atoms with van der Waals surface area (Å²) in [7, 11) is 1.69. The molecular formula is C22H29FN4O2. The molecule has 0 fully saturated rings. The molecule has 156 valence electrons. The van der Waals surface area contributed by atoms with E-state index in [2.05, 4.69) is 20.9 Å². The van der Waals surface area contributed by atoms with Crippen LogP contribution in [0.15, 0.2) is 53.5 Å². The molecule has 0 saturated heterocycles. The Morgan fingerprint density at radius 3 is 2.59 bits per heavy atom. The molecule has 2 rings (SSSR count). The molecule has 0 heterocycles. The molecule has 29 heavy (non-hydrogen) atoms. The summed E-state index contributed by atoms with van der Waals surface area (Å²) in [6.07, 6.45) is 0.110. The van der Waals surface area contributed by atoms with Crippen LogP contribution >= 0.6 is 0 Å². The Morgan fingerprint density at radius 1 is 1.10 bits per heavy atom. The van der Waals surface area contributed by atoms with Gasteiger partial charge in [-0.15, -0.1) is 0 Å². The number of nitrogens with zero attached hydrogens (tertiary/aromatic N) is 1. The van der Waals surface area contributed by atoms with Gasteiger partial charge >= 0.3 is 0 Å². The van der Waals surface area contributed by atoms with Gasteiger partial charge in [0.25, 0.3) is 0 Å². The van der Waals surface area contributed by atoms with Gasteiger partial charge in [0.1, 0.15) is 17.7 Å². The Morgan fingerprint density at radius 2 is 1.86 bits per heavy atom. The molecule has 7 heteroatoms. The van der Waals surface area contributed by atoms with E-state index < -0.39 is 0 Å². The first kappa shape index (κ1) is 22.2. The van der Waals surface area contributed by atoms with E-state index >= 15 is 0 Å². The largest absolute Gasteiger partial charge is 0.489 e. The van der Waals surface area contributed by atoms with Crippen LogP contribution in [-0.4, -0.2) is 44.7 Å². The first-order chi connectivity index (χ1) is 14.0. The monoisotopic (exact) mass is 400 g/mol. The second kappa shape index (κ2) is 11.7. The molecule has 2 aromatic rings. The van der Waals surface area contributed by atoms with Gasteiger partial charge in [0.05, 0.1) is 13.0 Å². The highest BCUT2D eigenvalue weighted by Gasteiger charge is 2.08. The van der Waals surface area contributed by atoms with E-state index in [9.17, 15) is 9.18 Å². The lowest BCUT2D eigenvalue weighted by Crippen LogP contribution is -2.44. The summed E-state index contributed by atoms with van der Waals surface area (Å²) in [5, 5.41) is 9.14. The maximum Gasteiger partial charge on any atom is 0.224 e. The molecule has 0 aliphatic carbocycles. The first-order valence-electron chi connectivity index (χ1n) is 9.66. The van der Waals surface area contributed by atoms with E-state index in [4.69, 9.17) is 4.74 Å². The lowest BCUT2D eigenvalue weighted by atomic mass is 10.1. The molecule has 1 atom stereocenters. The second-order valence-corrected chi connectivity index (χ2v) is 6.73. The zero-order chi connectivity index (χ0) is 21.1. The van der Waals surface area contributed by atoms with Gasteiger partial charge in [0.15, 0.2) is 5.96 Å². The molecule has 0 radical (unpaired) electrons. The Balaban J connectivity index is 1.64. The number of nitrogens with one attached hydrogen (secondary N) is 3. The van der Waals surface area contributed by atoms with Crippen molar-refractivity contribution in [2.24, 2.45) is 4.99 Å². The van der Waals surface area contributed by atoms with Crippen molar-refractivity contribution in [3.63, 3.8) is 0 Å². The summed E-state index contributed by atoms with van der Waals surface area (Å²) < 4.78 is 19.1. The fraction of sp³-hybridized carbons (Fsp3) is 0.364. The topological polar surface area (TPSA) is 74.8 Å². The molecule has 0 spiro atoms. The normalized spacial score (nSPS) is 12.2. The third kappa shape index (κ3) is 8.21. The van der Waals surface area contributed by atoms with Crippen molar-refractivity contribution in [2.75, 3.05) is 26.7 Å². The number of amides is 1. The van der Waals surface area contributed by atoms with Crippen molar-refractivity contribution < 1.29 is 13.9 Å². The van der Waals surface area contributed by atoms with Gasteiger partial charge in [0.2, 0.25) is 5.91 Å². The third-order valence-corrected chi connectivity index (χ3v) is 4.20. The number of carbonyl (C=O) groups is 1. The molecule has 1 amide bonds. The zero-order valence-corrected chi connectivity index (χ0v) is 17.2. The molecule has 0 aromatic heterocycles. The van der Waals surface area contributed by atoms with Crippen LogP contribution in [0, 0.1) is 12.7 Å². The maximum atomic E-state index is 13.2. The van der Waals surface area contributed by atoms with Gasteiger partial charge in [-0.1, -0.05) is 30.3 Å². The predicted molar refractivity (Wildman–Crippen MR) is 114 cm³/mol. The number of ether oxygens (including phenoxy) is 1. The molecule has 0 aliphatic heterocycles. The van der Waals surface area contributed by atoms with Crippen LogP contribution in [0.25, 0.3) is 0 Å². The van der Waals surface area contributed by atoms with E-state index in [1.807, 2.05) is 38.1 Å². The number of rotatable bonds is 9. The molecule has 6 nitrogen and oxygen atoms in total. The zero-order valence-electron chi connectivity index (χ0n) is 17.2. The summed E-state index contributed by atoms with van der Waals surface area (Å²) >= 11 is 0. The van der Waals surface area contributed by atoms with Crippen LogP contribution in [0.4, 0.5) is 4.39 Å². The number of hydrogen-bond acceptors (Lipinski definition) is 3. The van der Waals surface area contributed by atoms with Crippen LogP contribution in [-0.2, 0) is 11.2 Å². The molecule has 2 aromatic carbocycles. The molecule has 0 bridgehead atoms. The van der Waals surface area contributed by atoms with Gasteiger partial charge in [-0.25, -0.2) is 4.39 Å². The van der Waals surface area contributed by atoms with Gasteiger partial charge in [-0.05, 0) is 43.2 Å². The highest BCUT2D eigenvalue weighted by Crippen LogP contribution is 2.17. The average Bonchev–Trinajstić information content (AvgIpc) is 2.69. The van der Waals surface area contributed by atoms with Gasteiger partial charge in [0, 0.05) is 20.1 Å². The second-order valence-electron chi connectivity index (χ2n) is 6.73. The van der Waals surface area contributed by atoms with Crippen LogP contribution in [0.5, 0.6) is 5.75 Å².